The number of aromatic nitrogens is 3. The van der Waals surface area contributed by atoms with Gasteiger partial charge in [0.1, 0.15) is 11.6 Å². The second-order valence-corrected chi connectivity index (χ2v) is 17.7. The van der Waals surface area contributed by atoms with Crippen LogP contribution in [0.3, 0.4) is 0 Å². The average Bonchev–Trinajstić information content (AvgIpc) is 3.71. The van der Waals surface area contributed by atoms with Gasteiger partial charge >= 0.3 is 0 Å². The highest BCUT2D eigenvalue weighted by Crippen LogP contribution is 2.43. The van der Waals surface area contributed by atoms with Gasteiger partial charge in [0.15, 0.2) is 0 Å². The van der Waals surface area contributed by atoms with Gasteiger partial charge < -0.3 is 5.11 Å². The predicted molar refractivity (Wildman–Crippen MR) is 258 cm³/mol. The van der Waals surface area contributed by atoms with E-state index in [4.69, 9.17) is 27.8 Å². The first-order chi connectivity index (χ1) is 34.3. The summed E-state index contributed by atoms with van der Waals surface area (Å²) in [5, 5.41) is 11.9. The van der Waals surface area contributed by atoms with Crippen molar-refractivity contribution in [3.8, 4) is 67.5 Å². The highest BCUT2D eigenvalue weighted by Gasteiger charge is 2.26. The average molecular weight is 815 g/mol. The third-order valence-electron chi connectivity index (χ3n) is 11.8. The number of phenols is 1. The second-order valence-electron chi connectivity index (χ2n) is 17.7. The summed E-state index contributed by atoms with van der Waals surface area (Å²) in [5.74, 6) is 0.655. The van der Waals surface area contributed by atoms with Gasteiger partial charge in [-0.2, -0.15) is 0 Å². The fourth-order valence-electron chi connectivity index (χ4n) is 7.84. The smallest absolute Gasteiger partial charge is 0.149 e. The molecule has 0 bridgehead atoms. The van der Waals surface area contributed by atoms with Crippen molar-refractivity contribution in [2.24, 2.45) is 0 Å². The lowest BCUT2D eigenvalue weighted by Gasteiger charge is -2.26. The van der Waals surface area contributed by atoms with Crippen LogP contribution in [-0.2, 0) is 16.2 Å². The molecule has 0 aliphatic carbocycles. The van der Waals surface area contributed by atoms with E-state index in [2.05, 4.69) is 82.5 Å². The number of hydrogen-bond donors (Lipinski definition) is 1. The Hall–Kier alpha value is -6.26. The van der Waals surface area contributed by atoms with Crippen molar-refractivity contribution in [3.05, 3.63) is 167 Å². The third-order valence-corrected chi connectivity index (χ3v) is 11.8. The highest BCUT2D eigenvalue weighted by atomic mass is 16.3. The quantitative estimate of drug-likeness (QED) is 0.166. The molecule has 61 heavy (non-hydrogen) atoms. The van der Waals surface area contributed by atoms with Crippen molar-refractivity contribution in [1.82, 2.24) is 14.5 Å². The van der Waals surface area contributed by atoms with Crippen LogP contribution in [0.2, 0.25) is 0 Å². The maximum atomic E-state index is 11.9. The van der Waals surface area contributed by atoms with Crippen LogP contribution in [0.25, 0.3) is 72.7 Å². The molecule has 0 saturated carbocycles. The lowest BCUT2D eigenvalue weighted by molar-refractivity contribution is 0.472. The van der Waals surface area contributed by atoms with E-state index in [1.165, 1.54) is 17.8 Å². The summed E-state index contributed by atoms with van der Waals surface area (Å²) < 4.78 is 112. The molecule has 4 heteroatoms. The molecule has 308 valence electrons. The fourth-order valence-corrected chi connectivity index (χ4v) is 7.84. The molecule has 0 aliphatic rings. The zero-order chi connectivity index (χ0) is 54.4. The summed E-state index contributed by atoms with van der Waals surface area (Å²) in [6, 6.07) is 31.9. The molecule has 4 nitrogen and oxygen atoms in total. The van der Waals surface area contributed by atoms with Crippen LogP contribution in [0.4, 0.5) is 0 Å². The van der Waals surface area contributed by atoms with Crippen molar-refractivity contribution < 1.29 is 22.9 Å². The van der Waals surface area contributed by atoms with Gasteiger partial charge in [0.25, 0.3) is 0 Å². The Labute approximate surface area is 381 Å². The predicted octanol–water partition coefficient (Wildman–Crippen LogP) is 15.4. The first-order valence-corrected chi connectivity index (χ1v) is 20.6. The summed E-state index contributed by atoms with van der Waals surface area (Å²) in [5.41, 5.74) is 5.52. The van der Waals surface area contributed by atoms with Gasteiger partial charge in [-0.3, -0.25) is 9.55 Å². The molecule has 8 rings (SSSR count). The minimum Gasteiger partial charge on any atom is -0.507 e. The summed E-state index contributed by atoms with van der Waals surface area (Å²) in [4.78, 5) is 10.2. The number of pyridine rings is 1. The van der Waals surface area contributed by atoms with Gasteiger partial charge in [0.2, 0.25) is 0 Å². The van der Waals surface area contributed by atoms with E-state index < -0.39 is 61.1 Å². The Morgan fingerprint density at radius 3 is 2.07 bits per heavy atom. The summed E-state index contributed by atoms with van der Waals surface area (Å²) in [7, 11) is 0. The van der Waals surface area contributed by atoms with Gasteiger partial charge in [-0.25, -0.2) is 4.98 Å². The molecule has 6 aromatic carbocycles. The second kappa shape index (κ2) is 15.6. The molecule has 2 heterocycles. The van der Waals surface area contributed by atoms with Crippen molar-refractivity contribution in [3.63, 3.8) is 0 Å². The molecule has 0 atom stereocenters. The molecular weight excluding hydrogens is 743 g/mol. The topological polar surface area (TPSA) is 50.9 Å². The number of aromatic hydroxyl groups is 1. The molecule has 0 aliphatic heterocycles. The molecule has 0 amide bonds. The largest absolute Gasteiger partial charge is 0.507 e. The first-order valence-electron chi connectivity index (χ1n) is 27.1. The Balaban J connectivity index is 1.38. The van der Waals surface area contributed by atoms with Crippen LogP contribution in [0, 0.1) is 13.8 Å². The maximum absolute atomic E-state index is 11.9. The third kappa shape index (κ3) is 8.04. The molecule has 0 spiro atoms. The van der Waals surface area contributed by atoms with Crippen LogP contribution in [0.1, 0.15) is 114 Å². The van der Waals surface area contributed by atoms with Gasteiger partial charge in [0, 0.05) is 35.2 Å². The number of aryl methyl sites for hydroxylation is 2. The molecule has 8 aromatic rings. The van der Waals surface area contributed by atoms with Crippen LogP contribution in [0.15, 0.2) is 140 Å². The van der Waals surface area contributed by atoms with E-state index in [1.807, 2.05) is 74.5 Å². The van der Waals surface area contributed by atoms with Crippen LogP contribution in [-0.4, -0.2) is 19.6 Å². The summed E-state index contributed by atoms with van der Waals surface area (Å²) >= 11 is 0. The molecule has 0 radical (unpaired) electrons. The van der Waals surface area contributed by atoms with Gasteiger partial charge in [0.05, 0.1) is 33.5 Å². The SMILES string of the molecule is [2H]c1c([2H])c(C(C([2H])([2H])[2H])(C([2H])([2H])[2H])C([2H])([2H])[2H])c([2H])c([2H])c1-c1ccnc(-c2cc(-c3cccc4c3nc(-c3cc(C)cc(C)c3O)n4-c3ccc(C(C)(C)CC)cc3-c3ccccc3)cc(C(C)(C)C)c2)c1. The number of fused-ring (bicyclic) bond motifs is 1. The number of para-hydroxylation sites is 1. The monoisotopic (exact) mass is 815 g/mol. The lowest BCUT2D eigenvalue weighted by atomic mass is 9.81. The molecule has 1 N–H and O–H groups in total. The van der Waals surface area contributed by atoms with Crippen molar-refractivity contribution in [2.45, 2.75) is 98.6 Å². The molecule has 2 aromatic heterocycles. The van der Waals surface area contributed by atoms with E-state index in [0.29, 0.717) is 33.7 Å². The standard InChI is InChI=1S/C57H59N3O/c1-12-57(10,11)44-25-26-50(47(35-44)39-17-14-13-15-18-39)60-51-20-16-19-46(52(51)59-54(60)48-30-36(2)29-37(3)53(48)61)41-31-42(33-45(32-41)56(7,8)9)49-34-40(27-28-58-49)38-21-23-43(24-22-38)55(4,5)6/h13-35,61H,12H2,1-11H3/i4D3,5D3,6D3,21D,22D,23D,24D. The van der Waals surface area contributed by atoms with Crippen molar-refractivity contribution in [2.75, 3.05) is 0 Å². The lowest BCUT2D eigenvalue weighted by Crippen LogP contribution is -2.16. The number of benzene rings is 6. The van der Waals surface area contributed by atoms with Crippen LogP contribution in [0.5, 0.6) is 5.75 Å². The van der Waals surface area contributed by atoms with E-state index in [0.717, 1.165) is 51.0 Å². The molecule has 0 saturated heterocycles. The molecule has 0 fully saturated rings. The summed E-state index contributed by atoms with van der Waals surface area (Å²) in [6.45, 7) is 5.34. The van der Waals surface area contributed by atoms with E-state index in [9.17, 15) is 5.11 Å². The number of rotatable bonds is 8. The Morgan fingerprint density at radius 2 is 1.36 bits per heavy atom. The zero-order valence-electron chi connectivity index (χ0n) is 49.0. The number of imidazole rings is 1. The minimum atomic E-state index is -3.80. The Morgan fingerprint density at radius 1 is 0.623 bits per heavy atom. The van der Waals surface area contributed by atoms with Crippen molar-refractivity contribution in [1.29, 1.82) is 0 Å². The van der Waals surface area contributed by atoms with Gasteiger partial charge in [-0.15, -0.1) is 0 Å². The number of nitrogens with zero attached hydrogens (tertiary/aromatic N) is 3. The van der Waals surface area contributed by atoms with Crippen molar-refractivity contribution >= 4 is 11.0 Å². The summed E-state index contributed by atoms with van der Waals surface area (Å²) in [6.07, 6.45) is 2.36. The first kappa shape index (κ1) is 28.3. The fraction of sp³-hybridized carbons (Fsp3) is 0.263. The Kier molecular flexibility index (Phi) is 7.26. The van der Waals surface area contributed by atoms with Gasteiger partial charge in [-0.05, 0) is 135 Å². The maximum Gasteiger partial charge on any atom is 0.149 e. The zero-order valence-corrected chi connectivity index (χ0v) is 36.0. The van der Waals surface area contributed by atoms with E-state index in [-0.39, 0.29) is 22.3 Å². The van der Waals surface area contributed by atoms with E-state index >= 15 is 0 Å². The Bertz CT molecular complexity index is 3430. The molecular formula is C57H59N3O. The highest BCUT2D eigenvalue weighted by molar-refractivity contribution is 5.98. The van der Waals surface area contributed by atoms with Gasteiger partial charge in [-0.1, -0.05) is 147 Å². The normalized spacial score (nSPS) is 16.0. The van der Waals surface area contributed by atoms with E-state index in [1.54, 1.807) is 6.07 Å². The van der Waals surface area contributed by atoms with Crippen LogP contribution < -0.4 is 0 Å². The van der Waals surface area contributed by atoms with Crippen LogP contribution >= 0.6 is 0 Å². The number of phenolic OH excluding ortho intramolecular Hbond substituents is 1. The minimum absolute atomic E-state index is 0.115. The number of hydrogen-bond acceptors (Lipinski definition) is 3. The molecule has 0 unspecified atom stereocenters.